The van der Waals surface area contributed by atoms with Gasteiger partial charge in [0.2, 0.25) is 0 Å². The average Bonchev–Trinajstić information content (AvgIpc) is 2.05. The summed E-state index contributed by atoms with van der Waals surface area (Å²) in [5.74, 6) is 0. The molecule has 1 aliphatic rings. The highest BCUT2D eigenvalue weighted by molar-refractivity contribution is 5.65. The fourth-order valence-electron chi connectivity index (χ4n) is 1.58. The van der Waals surface area contributed by atoms with Gasteiger partial charge in [-0.2, -0.15) is 13.2 Å². The molecule has 1 fully saturated rings. The highest BCUT2D eigenvalue weighted by Crippen LogP contribution is 2.25. The van der Waals surface area contributed by atoms with Gasteiger partial charge >= 0.3 is 12.3 Å². The van der Waals surface area contributed by atoms with E-state index in [0.29, 0.717) is 12.8 Å². The molecule has 94 valence electrons. The first-order valence-corrected chi connectivity index (χ1v) is 4.76. The van der Waals surface area contributed by atoms with Crippen LogP contribution in [0.5, 0.6) is 0 Å². The van der Waals surface area contributed by atoms with Crippen molar-refractivity contribution in [3.05, 3.63) is 0 Å². The van der Waals surface area contributed by atoms with Crippen molar-refractivity contribution in [1.29, 1.82) is 0 Å². The third-order valence-corrected chi connectivity index (χ3v) is 2.48. The Morgan fingerprint density at radius 1 is 1.38 bits per heavy atom. The van der Waals surface area contributed by atoms with Gasteiger partial charge in [0.25, 0.3) is 0 Å². The van der Waals surface area contributed by atoms with Crippen LogP contribution in [-0.4, -0.2) is 47.2 Å². The van der Waals surface area contributed by atoms with E-state index >= 15 is 0 Å². The highest BCUT2D eigenvalue weighted by Gasteiger charge is 2.42. The zero-order chi connectivity index (χ0) is 12.3. The van der Waals surface area contributed by atoms with Crippen LogP contribution in [0.2, 0.25) is 0 Å². The summed E-state index contributed by atoms with van der Waals surface area (Å²) in [7, 11) is 0. The number of hydrogen-bond acceptors (Lipinski definition) is 3. The van der Waals surface area contributed by atoms with Crippen LogP contribution >= 0.6 is 0 Å². The minimum atomic E-state index is -4.49. The molecule has 1 saturated carbocycles. The van der Waals surface area contributed by atoms with Crippen LogP contribution in [0.25, 0.3) is 0 Å². The molecule has 1 rings (SSSR count). The molecule has 8 heteroatoms. The van der Waals surface area contributed by atoms with Crippen LogP contribution in [0.15, 0.2) is 0 Å². The van der Waals surface area contributed by atoms with Crippen molar-refractivity contribution >= 4 is 6.09 Å². The van der Waals surface area contributed by atoms with E-state index in [1.807, 2.05) is 0 Å². The Hall–Kier alpha value is -1.02. The summed E-state index contributed by atoms with van der Waals surface area (Å²) in [5, 5.41) is 21.3. The minimum Gasteiger partial charge on any atom is -0.465 e. The quantitative estimate of drug-likeness (QED) is 0.571. The van der Waals surface area contributed by atoms with Crippen LogP contribution < -0.4 is 10.6 Å². The fourth-order valence-corrected chi connectivity index (χ4v) is 1.58. The monoisotopic (exact) mass is 242 g/mol. The molecule has 0 aromatic carbocycles. The summed E-state index contributed by atoms with van der Waals surface area (Å²) in [6, 6.07) is -2.65. The topological polar surface area (TPSA) is 81.6 Å². The fraction of sp³-hybridized carbons (Fsp3) is 0.875. The SMILES string of the molecule is O=C(O)NC1CC(N[C@H](CO)C(F)(F)F)C1. The van der Waals surface area contributed by atoms with E-state index in [-0.39, 0.29) is 6.04 Å². The Bertz CT molecular complexity index is 253. The summed E-state index contributed by atoms with van der Waals surface area (Å²) >= 11 is 0. The van der Waals surface area contributed by atoms with Crippen molar-refractivity contribution in [3.8, 4) is 0 Å². The van der Waals surface area contributed by atoms with Crippen molar-refractivity contribution in [1.82, 2.24) is 10.6 Å². The lowest BCUT2D eigenvalue weighted by molar-refractivity contribution is -0.167. The zero-order valence-corrected chi connectivity index (χ0v) is 8.29. The van der Waals surface area contributed by atoms with Crippen molar-refractivity contribution in [2.24, 2.45) is 0 Å². The maximum absolute atomic E-state index is 12.2. The van der Waals surface area contributed by atoms with E-state index in [0.717, 1.165) is 0 Å². The van der Waals surface area contributed by atoms with Crippen molar-refractivity contribution in [3.63, 3.8) is 0 Å². The van der Waals surface area contributed by atoms with E-state index < -0.39 is 31.0 Å². The third-order valence-electron chi connectivity index (χ3n) is 2.48. The predicted molar refractivity (Wildman–Crippen MR) is 48.0 cm³/mol. The van der Waals surface area contributed by atoms with Gasteiger partial charge in [0.15, 0.2) is 0 Å². The molecule has 1 atom stereocenters. The summed E-state index contributed by atoms with van der Waals surface area (Å²) in [6.07, 6.45) is -5.06. The molecule has 1 amide bonds. The second-order valence-corrected chi connectivity index (χ2v) is 3.76. The van der Waals surface area contributed by atoms with E-state index in [1.165, 1.54) is 0 Å². The molecule has 16 heavy (non-hydrogen) atoms. The standard InChI is InChI=1S/C8H13F3N2O3/c9-8(10,11)6(3-14)12-4-1-5(2-4)13-7(15)16/h4-6,12-14H,1-3H2,(H,15,16)/t4?,5?,6-/m1/s1. The zero-order valence-electron chi connectivity index (χ0n) is 8.29. The molecular formula is C8H13F3N2O3. The highest BCUT2D eigenvalue weighted by atomic mass is 19.4. The second kappa shape index (κ2) is 4.88. The molecule has 4 N–H and O–H groups in total. The molecule has 0 aromatic heterocycles. The van der Waals surface area contributed by atoms with Gasteiger partial charge in [-0.3, -0.25) is 0 Å². The number of hydrogen-bond donors (Lipinski definition) is 4. The Morgan fingerprint density at radius 2 is 1.94 bits per heavy atom. The van der Waals surface area contributed by atoms with Gasteiger partial charge in [-0.25, -0.2) is 4.79 Å². The molecule has 0 bridgehead atoms. The lowest BCUT2D eigenvalue weighted by Crippen LogP contribution is -2.58. The molecular weight excluding hydrogens is 229 g/mol. The van der Waals surface area contributed by atoms with Crippen LogP contribution in [0, 0.1) is 0 Å². The molecule has 0 radical (unpaired) electrons. The van der Waals surface area contributed by atoms with Gasteiger partial charge in [-0.15, -0.1) is 0 Å². The summed E-state index contributed by atoms with van der Waals surface area (Å²) < 4.78 is 36.6. The second-order valence-electron chi connectivity index (χ2n) is 3.76. The van der Waals surface area contributed by atoms with Crippen molar-refractivity contribution in [2.75, 3.05) is 6.61 Å². The van der Waals surface area contributed by atoms with Crippen molar-refractivity contribution in [2.45, 2.75) is 37.1 Å². The molecule has 0 saturated heterocycles. The van der Waals surface area contributed by atoms with Crippen LogP contribution in [0.3, 0.4) is 0 Å². The number of aliphatic hydroxyl groups is 1. The maximum Gasteiger partial charge on any atom is 0.406 e. The Balaban J connectivity index is 2.28. The summed E-state index contributed by atoms with van der Waals surface area (Å²) in [6.45, 7) is -1.02. The average molecular weight is 242 g/mol. The normalized spacial score (nSPS) is 27.0. The van der Waals surface area contributed by atoms with E-state index in [4.69, 9.17) is 10.2 Å². The molecule has 1 aliphatic carbocycles. The number of carbonyl (C=O) groups is 1. The molecule has 0 aromatic rings. The Labute approximate surface area is 89.6 Å². The first kappa shape index (κ1) is 13.0. The van der Waals surface area contributed by atoms with Gasteiger partial charge in [0.05, 0.1) is 6.61 Å². The lowest BCUT2D eigenvalue weighted by Gasteiger charge is -2.38. The number of aliphatic hydroxyl groups excluding tert-OH is 1. The largest absolute Gasteiger partial charge is 0.465 e. The molecule has 0 aliphatic heterocycles. The first-order valence-electron chi connectivity index (χ1n) is 4.76. The van der Waals surface area contributed by atoms with Crippen LogP contribution in [0.4, 0.5) is 18.0 Å². The lowest BCUT2D eigenvalue weighted by atomic mass is 9.86. The number of carboxylic acid groups (broad SMARTS) is 1. The van der Waals surface area contributed by atoms with Gasteiger partial charge < -0.3 is 20.8 Å². The van der Waals surface area contributed by atoms with E-state index in [2.05, 4.69) is 10.6 Å². The smallest absolute Gasteiger partial charge is 0.406 e. The summed E-state index contributed by atoms with van der Waals surface area (Å²) in [5.41, 5.74) is 0. The van der Waals surface area contributed by atoms with Crippen molar-refractivity contribution < 1.29 is 28.2 Å². The van der Waals surface area contributed by atoms with Gasteiger partial charge in [-0.1, -0.05) is 0 Å². The summed E-state index contributed by atoms with van der Waals surface area (Å²) in [4.78, 5) is 10.2. The number of alkyl halides is 3. The molecule has 0 heterocycles. The molecule has 5 nitrogen and oxygen atoms in total. The molecule has 0 unspecified atom stereocenters. The number of rotatable bonds is 4. The van der Waals surface area contributed by atoms with E-state index in [9.17, 15) is 18.0 Å². The van der Waals surface area contributed by atoms with Gasteiger partial charge in [0.1, 0.15) is 6.04 Å². The third kappa shape index (κ3) is 3.53. The number of halogens is 3. The molecule has 0 spiro atoms. The van der Waals surface area contributed by atoms with Crippen LogP contribution in [-0.2, 0) is 0 Å². The van der Waals surface area contributed by atoms with Gasteiger partial charge in [0, 0.05) is 12.1 Å². The minimum absolute atomic E-state index is 0.303. The van der Waals surface area contributed by atoms with E-state index in [1.54, 1.807) is 0 Å². The van der Waals surface area contributed by atoms with Gasteiger partial charge in [-0.05, 0) is 12.8 Å². The first-order chi connectivity index (χ1) is 7.32. The number of nitrogens with one attached hydrogen (secondary N) is 2. The Morgan fingerprint density at radius 3 is 2.31 bits per heavy atom. The Kier molecular flexibility index (Phi) is 3.98. The number of amides is 1. The van der Waals surface area contributed by atoms with Crippen LogP contribution in [0.1, 0.15) is 12.8 Å². The predicted octanol–water partition coefficient (Wildman–Crippen LogP) is 0.298. The maximum atomic E-state index is 12.2.